The SMILES string of the molecule is CCC(CO)C(N)c1cc(C(C)(C)C)ccc1C. The number of aliphatic hydroxyl groups excluding tert-OH is 1. The van der Waals surface area contributed by atoms with Crippen molar-refractivity contribution in [3.8, 4) is 0 Å². The van der Waals surface area contributed by atoms with Gasteiger partial charge >= 0.3 is 0 Å². The maximum atomic E-state index is 9.40. The number of nitrogens with two attached hydrogens (primary N) is 1. The van der Waals surface area contributed by atoms with Crippen molar-refractivity contribution in [2.45, 2.75) is 52.5 Å². The van der Waals surface area contributed by atoms with Crippen LogP contribution in [0.25, 0.3) is 0 Å². The van der Waals surface area contributed by atoms with Crippen molar-refractivity contribution in [2.24, 2.45) is 11.7 Å². The quantitative estimate of drug-likeness (QED) is 0.860. The lowest BCUT2D eigenvalue weighted by molar-refractivity contribution is 0.200. The summed E-state index contributed by atoms with van der Waals surface area (Å²) in [5.74, 6) is 0.138. The van der Waals surface area contributed by atoms with Crippen LogP contribution in [-0.4, -0.2) is 11.7 Å². The smallest absolute Gasteiger partial charge is 0.0477 e. The second-order valence-corrected chi connectivity index (χ2v) is 6.20. The first-order valence-electron chi connectivity index (χ1n) is 6.78. The number of hydrogen-bond donors (Lipinski definition) is 2. The molecule has 0 saturated heterocycles. The molecule has 2 atom stereocenters. The standard InChI is InChI=1S/C16H27NO/c1-6-12(10-18)15(17)14-9-13(16(3,4)5)8-7-11(14)2/h7-9,12,15,18H,6,10,17H2,1-5H3. The predicted molar refractivity (Wildman–Crippen MR) is 77.7 cm³/mol. The lowest BCUT2D eigenvalue weighted by atomic mass is 9.82. The van der Waals surface area contributed by atoms with Gasteiger partial charge in [0.15, 0.2) is 0 Å². The van der Waals surface area contributed by atoms with Crippen LogP contribution in [0.1, 0.15) is 56.8 Å². The molecule has 0 saturated carbocycles. The Morgan fingerprint density at radius 1 is 1.28 bits per heavy atom. The Balaban J connectivity index is 3.15. The fourth-order valence-electron chi connectivity index (χ4n) is 2.22. The number of rotatable bonds is 4. The summed E-state index contributed by atoms with van der Waals surface area (Å²) in [5.41, 5.74) is 10.1. The Labute approximate surface area is 111 Å². The van der Waals surface area contributed by atoms with Crippen LogP contribution in [0.4, 0.5) is 0 Å². The van der Waals surface area contributed by atoms with E-state index in [1.165, 1.54) is 16.7 Å². The average molecular weight is 249 g/mol. The number of hydrogen-bond acceptors (Lipinski definition) is 2. The minimum absolute atomic E-state index is 0.0812. The molecule has 0 aromatic heterocycles. The maximum Gasteiger partial charge on any atom is 0.0477 e. The van der Waals surface area contributed by atoms with Crippen molar-refractivity contribution < 1.29 is 5.11 Å². The molecule has 0 fully saturated rings. The fourth-order valence-corrected chi connectivity index (χ4v) is 2.22. The molecule has 0 bridgehead atoms. The molecule has 1 aromatic carbocycles. The number of benzene rings is 1. The van der Waals surface area contributed by atoms with E-state index >= 15 is 0 Å². The summed E-state index contributed by atoms with van der Waals surface area (Å²) in [4.78, 5) is 0. The highest BCUT2D eigenvalue weighted by Gasteiger charge is 2.21. The molecule has 0 radical (unpaired) electrons. The van der Waals surface area contributed by atoms with E-state index < -0.39 is 0 Å². The molecule has 0 aliphatic heterocycles. The Kier molecular flexibility index (Phi) is 4.94. The minimum atomic E-state index is -0.0812. The Morgan fingerprint density at radius 2 is 1.89 bits per heavy atom. The molecular weight excluding hydrogens is 222 g/mol. The first-order chi connectivity index (χ1) is 8.31. The molecule has 2 nitrogen and oxygen atoms in total. The number of aliphatic hydroxyl groups is 1. The van der Waals surface area contributed by atoms with Gasteiger partial charge in [0.05, 0.1) is 0 Å². The first kappa shape index (κ1) is 15.2. The summed E-state index contributed by atoms with van der Waals surface area (Å²) in [6.45, 7) is 10.9. The maximum absolute atomic E-state index is 9.40. The Hall–Kier alpha value is -0.860. The third-order valence-electron chi connectivity index (χ3n) is 3.77. The molecule has 0 aliphatic carbocycles. The first-order valence-corrected chi connectivity index (χ1v) is 6.78. The molecule has 18 heavy (non-hydrogen) atoms. The second-order valence-electron chi connectivity index (χ2n) is 6.20. The van der Waals surface area contributed by atoms with Gasteiger partial charge in [-0.05, 0) is 35.4 Å². The van der Waals surface area contributed by atoms with Gasteiger partial charge in [0, 0.05) is 18.6 Å². The van der Waals surface area contributed by atoms with Gasteiger partial charge in [-0.15, -0.1) is 0 Å². The summed E-state index contributed by atoms with van der Waals surface area (Å²) in [5, 5.41) is 9.40. The zero-order valence-corrected chi connectivity index (χ0v) is 12.3. The van der Waals surface area contributed by atoms with Crippen molar-refractivity contribution >= 4 is 0 Å². The third kappa shape index (κ3) is 3.33. The van der Waals surface area contributed by atoms with Gasteiger partial charge in [0.25, 0.3) is 0 Å². The van der Waals surface area contributed by atoms with Crippen molar-refractivity contribution in [3.05, 3.63) is 34.9 Å². The highest BCUT2D eigenvalue weighted by atomic mass is 16.3. The monoisotopic (exact) mass is 249 g/mol. The van der Waals surface area contributed by atoms with Gasteiger partial charge in [0.1, 0.15) is 0 Å². The van der Waals surface area contributed by atoms with Gasteiger partial charge < -0.3 is 10.8 Å². The summed E-state index contributed by atoms with van der Waals surface area (Å²) in [7, 11) is 0. The van der Waals surface area contributed by atoms with Crippen LogP contribution in [0.2, 0.25) is 0 Å². The van der Waals surface area contributed by atoms with Crippen LogP contribution in [0.5, 0.6) is 0 Å². The van der Waals surface area contributed by atoms with Crippen LogP contribution in [0.3, 0.4) is 0 Å². The topological polar surface area (TPSA) is 46.2 Å². The van der Waals surface area contributed by atoms with E-state index in [9.17, 15) is 5.11 Å². The van der Waals surface area contributed by atoms with Gasteiger partial charge in [-0.25, -0.2) is 0 Å². The van der Waals surface area contributed by atoms with Crippen molar-refractivity contribution in [3.63, 3.8) is 0 Å². The zero-order valence-electron chi connectivity index (χ0n) is 12.3. The lowest BCUT2D eigenvalue weighted by Crippen LogP contribution is -2.25. The van der Waals surface area contributed by atoms with Crippen LogP contribution < -0.4 is 5.73 Å². The Bertz CT molecular complexity index is 389. The van der Waals surface area contributed by atoms with E-state index in [0.717, 1.165) is 6.42 Å². The fraction of sp³-hybridized carbons (Fsp3) is 0.625. The summed E-state index contributed by atoms with van der Waals surface area (Å²) in [6.07, 6.45) is 0.900. The van der Waals surface area contributed by atoms with Gasteiger partial charge in [-0.1, -0.05) is 45.9 Å². The summed E-state index contributed by atoms with van der Waals surface area (Å²) < 4.78 is 0. The molecule has 0 spiro atoms. The molecule has 0 aliphatic rings. The zero-order chi connectivity index (χ0) is 13.9. The van der Waals surface area contributed by atoms with Gasteiger partial charge in [0.2, 0.25) is 0 Å². The average Bonchev–Trinajstić information content (AvgIpc) is 2.29. The minimum Gasteiger partial charge on any atom is -0.396 e. The van der Waals surface area contributed by atoms with Crippen LogP contribution in [0, 0.1) is 12.8 Å². The molecule has 2 unspecified atom stereocenters. The third-order valence-corrected chi connectivity index (χ3v) is 3.77. The van der Waals surface area contributed by atoms with E-state index in [4.69, 9.17) is 5.73 Å². The molecule has 3 N–H and O–H groups in total. The van der Waals surface area contributed by atoms with E-state index in [1.54, 1.807) is 0 Å². The van der Waals surface area contributed by atoms with Crippen LogP contribution in [0.15, 0.2) is 18.2 Å². The normalized spacial score (nSPS) is 15.5. The van der Waals surface area contributed by atoms with E-state index in [2.05, 4.69) is 52.8 Å². The summed E-state index contributed by atoms with van der Waals surface area (Å²) in [6, 6.07) is 6.44. The molecule has 0 amide bonds. The molecule has 2 heteroatoms. The van der Waals surface area contributed by atoms with Crippen LogP contribution >= 0.6 is 0 Å². The van der Waals surface area contributed by atoms with E-state index in [1.807, 2.05) is 0 Å². The molecule has 0 heterocycles. The molecule has 102 valence electrons. The molecule has 1 rings (SSSR count). The van der Waals surface area contributed by atoms with Gasteiger partial charge in [-0.2, -0.15) is 0 Å². The highest BCUT2D eigenvalue weighted by molar-refractivity contribution is 5.36. The van der Waals surface area contributed by atoms with Crippen LogP contribution in [-0.2, 0) is 5.41 Å². The number of aryl methyl sites for hydroxylation is 1. The Morgan fingerprint density at radius 3 is 2.33 bits per heavy atom. The second kappa shape index (κ2) is 5.85. The lowest BCUT2D eigenvalue weighted by Gasteiger charge is -2.26. The highest BCUT2D eigenvalue weighted by Crippen LogP contribution is 2.30. The van der Waals surface area contributed by atoms with Crippen molar-refractivity contribution in [1.82, 2.24) is 0 Å². The van der Waals surface area contributed by atoms with E-state index in [-0.39, 0.29) is 24.0 Å². The largest absolute Gasteiger partial charge is 0.396 e. The van der Waals surface area contributed by atoms with Gasteiger partial charge in [-0.3, -0.25) is 0 Å². The molecular formula is C16H27NO. The van der Waals surface area contributed by atoms with Crippen molar-refractivity contribution in [2.75, 3.05) is 6.61 Å². The predicted octanol–water partition coefficient (Wildman–Crippen LogP) is 3.31. The summed E-state index contributed by atoms with van der Waals surface area (Å²) >= 11 is 0. The molecule has 1 aromatic rings. The van der Waals surface area contributed by atoms with Crippen molar-refractivity contribution in [1.29, 1.82) is 0 Å². The van der Waals surface area contributed by atoms with E-state index in [0.29, 0.717) is 0 Å².